The zero-order valence-corrected chi connectivity index (χ0v) is 18.2. The maximum Gasteiger partial charge on any atom is 2.00 e. The summed E-state index contributed by atoms with van der Waals surface area (Å²) in [5.41, 5.74) is 1.34. The molecule has 0 unspecified atom stereocenters. The van der Waals surface area contributed by atoms with Crippen LogP contribution in [0.3, 0.4) is 0 Å². The van der Waals surface area contributed by atoms with Gasteiger partial charge in [-0.25, -0.2) is 0 Å². The molecule has 1 aromatic rings. The normalized spacial score (nSPS) is 12.2. The van der Waals surface area contributed by atoms with Crippen molar-refractivity contribution >= 4 is 31.4 Å². The van der Waals surface area contributed by atoms with Crippen LogP contribution < -0.4 is 21.4 Å². The molecule has 1 aromatic carbocycles. The van der Waals surface area contributed by atoms with Gasteiger partial charge in [0, 0.05) is 0 Å². The summed E-state index contributed by atoms with van der Waals surface area (Å²) in [5, 5.41) is 0.224. The number of hydrogen-bond acceptors (Lipinski definition) is 1. The van der Waals surface area contributed by atoms with E-state index in [0.717, 1.165) is 5.75 Å². The summed E-state index contributed by atoms with van der Waals surface area (Å²) in [6.07, 6.45) is 0. The molecule has 4 heteroatoms. The number of halogens is 1. The largest absolute Gasteiger partial charge is 2.00 e. The molecule has 0 saturated heterocycles. The van der Waals surface area contributed by atoms with Crippen LogP contribution in [0.15, 0.2) is 18.2 Å². The summed E-state index contributed by atoms with van der Waals surface area (Å²) in [5.74, 6) is 1.04. The van der Waals surface area contributed by atoms with E-state index < -0.39 is 8.32 Å². The van der Waals surface area contributed by atoms with Gasteiger partial charge in [-0.1, -0.05) is 47.0 Å². The van der Waals surface area contributed by atoms with Crippen molar-refractivity contribution in [2.75, 3.05) is 0 Å². The van der Waals surface area contributed by atoms with E-state index in [2.05, 4.69) is 72.8 Å². The fourth-order valence-corrected chi connectivity index (χ4v) is 2.55. The van der Waals surface area contributed by atoms with E-state index in [9.17, 15) is 0 Å². The third kappa shape index (κ3) is 5.70. The van der Waals surface area contributed by atoms with Crippen molar-refractivity contribution in [2.24, 2.45) is 0 Å². The van der Waals surface area contributed by atoms with E-state index in [4.69, 9.17) is 4.43 Å². The molecule has 110 valence electrons. The van der Waals surface area contributed by atoms with E-state index in [-0.39, 0.29) is 50.5 Å². The minimum atomic E-state index is -1.77. The summed E-state index contributed by atoms with van der Waals surface area (Å²) < 4.78 is 6.44. The van der Waals surface area contributed by atoms with Crippen molar-refractivity contribution < 1.29 is 21.4 Å². The predicted molar refractivity (Wildman–Crippen MR) is 87.6 cm³/mol. The molecule has 0 aliphatic rings. The second kappa shape index (κ2) is 7.66. The van der Waals surface area contributed by atoms with Gasteiger partial charge in [0.15, 0.2) is 0 Å². The minimum absolute atomic E-state index is 0. The van der Waals surface area contributed by atoms with Crippen LogP contribution in [-0.4, -0.2) is 31.4 Å². The Morgan fingerprint density at radius 1 is 1.05 bits per heavy atom. The zero-order chi connectivity index (χ0) is 14.2. The molecule has 0 bridgehead atoms. The third-order valence-corrected chi connectivity index (χ3v) is 8.15. The molecular formula is C16H27BrMgOSi. The van der Waals surface area contributed by atoms with Gasteiger partial charge >= 0.3 is 23.1 Å². The molecule has 0 fully saturated rings. The molecule has 0 atom stereocenters. The van der Waals surface area contributed by atoms with Gasteiger partial charge in [-0.3, -0.25) is 0 Å². The van der Waals surface area contributed by atoms with E-state index in [1.807, 2.05) is 6.07 Å². The maximum absolute atomic E-state index is 6.44. The molecule has 0 heterocycles. The van der Waals surface area contributed by atoms with E-state index in [0.29, 0.717) is 0 Å². The fourth-order valence-electron chi connectivity index (χ4n) is 1.52. The van der Waals surface area contributed by atoms with Crippen molar-refractivity contribution in [1.29, 1.82) is 0 Å². The molecule has 0 spiro atoms. The van der Waals surface area contributed by atoms with Gasteiger partial charge in [0.05, 0.1) is 0 Å². The van der Waals surface area contributed by atoms with Gasteiger partial charge in [0.25, 0.3) is 0 Å². The first kappa shape index (κ1) is 22.8. The Morgan fingerprint density at radius 2 is 1.55 bits per heavy atom. The summed E-state index contributed by atoms with van der Waals surface area (Å²) in [4.78, 5) is 0. The van der Waals surface area contributed by atoms with Crippen LogP contribution in [0.25, 0.3) is 0 Å². The van der Waals surface area contributed by atoms with Crippen molar-refractivity contribution in [3.8, 4) is 5.75 Å². The van der Waals surface area contributed by atoms with Crippen LogP contribution in [0, 0.1) is 6.07 Å². The summed E-state index contributed by atoms with van der Waals surface area (Å²) in [6, 6.07) is 9.22. The standard InChI is InChI=1S/C16H27OSi.BrH.Mg/c1-15(2,3)13-11-9-10-12-14(13)17-18(7,8)16(4,5)6;;/h10-12H,1-8H3;1H;/q-1;;+2/p-1. The molecule has 1 rings (SSSR count). The van der Waals surface area contributed by atoms with Gasteiger partial charge in [0.2, 0.25) is 8.32 Å². The maximum atomic E-state index is 6.44. The molecule has 0 saturated carbocycles. The Bertz CT molecular complexity index is 419. The van der Waals surface area contributed by atoms with Crippen LogP contribution in [0.5, 0.6) is 5.75 Å². The third-order valence-electron chi connectivity index (χ3n) is 3.80. The van der Waals surface area contributed by atoms with Gasteiger partial charge in [-0.15, -0.1) is 11.6 Å². The van der Waals surface area contributed by atoms with Crippen molar-refractivity contribution in [1.82, 2.24) is 0 Å². The Labute approximate surface area is 152 Å². The molecule has 0 radical (unpaired) electrons. The van der Waals surface area contributed by atoms with Gasteiger partial charge in [-0.2, -0.15) is 18.2 Å². The van der Waals surface area contributed by atoms with Gasteiger partial charge in [0.1, 0.15) is 0 Å². The Balaban J connectivity index is 0. The van der Waals surface area contributed by atoms with Gasteiger partial charge < -0.3 is 21.4 Å². The summed E-state index contributed by atoms with van der Waals surface area (Å²) >= 11 is 0. The first-order valence-electron chi connectivity index (χ1n) is 6.65. The monoisotopic (exact) mass is 366 g/mol. The molecule has 0 aromatic heterocycles. The van der Waals surface area contributed by atoms with Crippen LogP contribution in [0.4, 0.5) is 0 Å². The molecule has 0 N–H and O–H groups in total. The van der Waals surface area contributed by atoms with Crippen LogP contribution in [0.1, 0.15) is 47.1 Å². The quantitative estimate of drug-likeness (QED) is 0.572. The smallest absolute Gasteiger partial charge is 1.00 e. The Kier molecular flexibility index (Phi) is 8.71. The average molecular weight is 368 g/mol. The summed E-state index contributed by atoms with van der Waals surface area (Å²) in [7, 11) is -1.77. The van der Waals surface area contributed by atoms with Crippen LogP contribution in [0.2, 0.25) is 18.1 Å². The number of rotatable bonds is 2. The molecule has 0 aliphatic carbocycles. The van der Waals surface area contributed by atoms with E-state index in [1.165, 1.54) is 5.56 Å². The van der Waals surface area contributed by atoms with Gasteiger partial charge in [-0.05, 0) is 23.9 Å². The predicted octanol–water partition coefficient (Wildman–Crippen LogP) is 1.79. The number of benzene rings is 1. The van der Waals surface area contributed by atoms with Crippen LogP contribution >= 0.6 is 0 Å². The topological polar surface area (TPSA) is 9.23 Å². The molecule has 0 amide bonds. The SMILES string of the molecule is CC(C)(C)c1c[c-]ccc1O[Si](C)(C)C(C)(C)C.[Br-].[Mg+2]. The average Bonchev–Trinajstić information content (AvgIpc) is 2.14. The molecule has 0 aliphatic heterocycles. The fraction of sp³-hybridized carbons (Fsp3) is 0.625. The minimum Gasteiger partial charge on any atom is -1.00 e. The first-order chi connectivity index (χ1) is 7.95. The molecular weight excluding hydrogens is 340 g/mol. The van der Waals surface area contributed by atoms with E-state index >= 15 is 0 Å². The second-order valence-electron chi connectivity index (χ2n) is 7.53. The number of hydrogen-bond donors (Lipinski definition) is 0. The Morgan fingerprint density at radius 3 is 1.95 bits per heavy atom. The second-order valence-corrected chi connectivity index (χ2v) is 12.3. The summed E-state index contributed by atoms with van der Waals surface area (Å²) in [6.45, 7) is 18.0. The van der Waals surface area contributed by atoms with Crippen LogP contribution in [-0.2, 0) is 5.41 Å². The molecule has 20 heavy (non-hydrogen) atoms. The zero-order valence-electron chi connectivity index (χ0n) is 14.2. The Hall–Kier alpha value is 0.483. The van der Waals surface area contributed by atoms with Crippen molar-refractivity contribution in [3.63, 3.8) is 0 Å². The van der Waals surface area contributed by atoms with E-state index in [1.54, 1.807) is 0 Å². The van der Waals surface area contributed by atoms with Crippen molar-refractivity contribution in [3.05, 3.63) is 29.8 Å². The molecule has 1 nitrogen and oxygen atoms in total. The first-order valence-corrected chi connectivity index (χ1v) is 9.55. The van der Waals surface area contributed by atoms with Crippen molar-refractivity contribution in [2.45, 2.75) is 65.1 Å².